The van der Waals surface area contributed by atoms with Crippen molar-refractivity contribution in [2.75, 3.05) is 13.1 Å². The molecule has 1 aromatic rings. The van der Waals surface area contributed by atoms with Gasteiger partial charge >= 0.3 is 0 Å². The maximum atomic E-state index is 3.50. The second-order valence-corrected chi connectivity index (χ2v) is 5.08. The molecule has 0 fully saturated rings. The van der Waals surface area contributed by atoms with Gasteiger partial charge in [-0.2, -0.15) is 0 Å². The molecule has 1 aromatic carbocycles. The van der Waals surface area contributed by atoms with Gasteiger partial charge in [0, 0.05) is 0 Å². The zero-order valence-electron chi connectivity index (χ0n) is 11.8. The summed E-state index contributed by atoms with van der Waals surface area (Å²) in [4.78, 5) is 0. The van der Waals surface area contributed by atoms with Crippen LogP contribution in [0.3, 0.4) is 0 Å². The molecular weight excluding hydrogens is 206 g/mol. The summed E-state index contributed by atoms with van der Waals surface area (Å²) in [6.45, 7) is 11.3. The molecule has 1 rings (SSSR count). The van der Waals surface area contributed by atoms with Crippen molar-refractivity contribution in [3.8, 4) is 0 Å². The Labute approximate surface area is 107 Å². The number of benzene rings is 1. The molecular formula is C16H27N. The minimum Gasteiger partial charge on any atom is -0.317 e. The van der Waals surface area contributed by atoms with Crippen LogP contribution in [0.15, 0.2) is 24.3 Å². The molecule has 0 amide bonds. The smallest absolute Gasteiger partial charge is 0.00149 e. The van der Waals surface area contributed by atoms with Crippen molar-refractivity contribution >= 4 is 0 Å². The van der Waals surface area contributed by atoms with Crippen molar-refractivity contribution in [1.82, 2.24) is 5.32 Å². The molecule has 0 aliphatic carbocycles. The first-order valence-corrected chi connectivity index (χ1v) is 6.94. The molecule has 2 unspecified atom stereocenters. The average Bonchev–Trinajstić information content (AvgIpc) is 2.35. The zero-order valence-corrected chi connectivity index (χ0v) is 11.8. The summed E-state index contributed by atoms with van der Waals surface area (Å²) in [5.41, 5.74) is 2.94. The lowest BCUT2D eigenvalue weighted by Gasteiger charge is -2.24. The van der Waals surface area contributed by atoms with Crippen molar-refractivity contribution in [1.29, 1.82) is 0 Å². The maximum Gasteiger partial charge on any atom is -0.00149 e. The van der Waals surface area contributed by atoms with Crippen LogP contribution in [0.4, 0.5) is 0 Å². The van der Waals surface area contributed by atoms with Gasteiger partial charge in [-0.3, -0.25) is 0 Å². The largest absolute Gasteiger partial charge is 0.317 e. The lowest BCUT2D eigenvalue weighted by Crippen LogP contribution is -2.28. The minimum atomic E-state index is 0.751. The van der Waals surface area contributed by atoms with Crippen molar-refractivity contribution in [2.24, 2.45) is 11.8 Å². The van der Waals surface area contributed by atoms with Crippen molar-refractivity contribution in [3.63, 3.8) is 0 Å². The summed E-state index contributed by atoms with van der Waals surface area (Å²) >= 11 is 0. The molecule has 1 nitrogen and oxygen atoms in total. The molecule has 1 N–H and O–H groups in total. The molecule has 0 spiro atoms. The van der Waals surface area contributed by atoms with Crippen molar-refractivity contribution in [3.05, 3.63) is 35.4 Å². The number of rotatable bonds is 7. The lowest BCUT2D eigenvalue weighted by atomic mass is 9.85. The lowest BCUT2D eigenvalue weighted by molar-refractivity contribution is 0.331. The second-order valence-electron chi connectivity index (χ2n) is 5.08. The van der Waals surface area contributed by atoms with Gasteiger partial charge in [0.05, 0.1) is 0 Å². The van der Waals surface area contributed by atoms with Gasteiger partial charge in [0.15, 0.2) is 0 Å². The highest BCUT2D eigenvalue weighted by molar-refractivity contribution is 5.26. The van der Waals surface area contributed by atoms with E-state index in [2.05, 4.69) is 57.3 Å². The van der Waals surface area contributed by atoms with E-state index in [9.17, 15) is 0 Å². The third kappa shape index (κ3) is 4.51. The van der Waals surface area contributed by atoms with E-state index < -0.39 is 0 Å². The van der Waals surface area contributed by atoms with Gasteiger partial charge < -0.3 is 5.32 Å². The topological polar surface area (TPSA) is 12.0 Å². The van der Waals surface area contributed by atoms with Crippen LogP contribution >= 0.6 is 0 Å². The summed E-state index contributed by atoms with van der Waals surface area (Å²) in [6, 6.07) is 8.78. The Morgan fingerprint density at radius 2 is 1.88 bits per heavy atom. The first-order valence-electron chi connectivity index (χ1n) is 6.94. The van der Waals surface area contributed by atoms with E-state index in [4.69, 9.17) is 0 Å². The van der Waals surface area contributed by atoms with Crippen LogP contribution in [0.1, 0.15) is 38.3 Å². The van der Waals surface area contributed by atoms with Crippen LogP contribution in [0.5, 0.6) is 0 Å². The van der Waals surface area contributed by atoms with Crippen molar-refractivity contribution in [2.45, 2.75) is 40.5 Å². The van der Waals surface area contributed by atoms with Gasteiger partial charge in [-0.1, -0.05) is 51.5 Å². The Hall–Kier alpha value is -0.820. The fraction of sp³-hybridized carbons (Fsp3) is 0.625. The van der Waals surface area contributed by atoms with Crippen molar-refractivity contribution < 1.29 is 0 Å². The number of aryl methyl sites for hydroxylation is 1. The van der Waals surface area contributed by atoms with Crippen LogP contribution < -0.4 is 5.32 Å². The first kappa shape index (κ1) is 14.2. The molecule has 0 saturated heterocycles. The van der Waals surface area contributed by atoms with Crippen LogP contribution in [-0.4, -0.2) is 13.1 Å². The van der Waals surface area contributed by atoms with E-state index >= 15 is 0 Å². The molecule has 0 heterocycles. The third-order valence-corrected chi connectivity index (χ3v) is 3.85. The summed E-state index contributed by atoms with van der Waals surface area (Å²) in [7, 11) is 0. The molecule has 2 atom stereocenters. The predicted molar refractivity (Wildman–Crippen MR) is 76.4 cm³/mol. The molecule has 0 aliphatic heterocycles. The second kappa shape index (κ2) is 7.50. The van der Waals surface area contributed by atoms with E-state index in [-0.39, 0.29) is 0 Å². The zero-order chi connectivity index (χ0) is 12.7. The van der Waals surface area contributed by atoms with Crippen LogP contribution in [-0.2, 0) is 6.42 Å². The molecule has 0 bridgehead atoms. The highest BCUT2D eigenvalue weighted by Gasteiger charge is 2.16. The fourth-order valence-corrected chi connectivity index (χ4v) is 2.26. The Kier molecular flexibility index (Phi) is 6.28. The number of hydrogen-bond donors (Lipinski definition) is 1. The molecule has 17 heavy (non-hydrogen) atoms. The summed E-state index contributed by atoms with van der Waals surface area (Å²) in [5, 5.41) is 3.50. The van der Waals surface area contributed by atoms with E-state index in [1.54, 1.807) is 0 Å². The normalized spacial score (nSPS) is 14.6. The third-order valence-electron chi connectivity index (χ3n) is 3.85. The minimum absolute atomic E-state index is 0.751. The Balaban J connectivity index is 2.68. The fourth-order valence-electron chi connectivity index (χ4n) is 2.26. The van der Waals surface area contributed by atoms with Gasteiger partial charge in [-0.15, -0.1) is 0 Å². The summed E-state index contributed by atoms with van der Waals surface area (Å²) in [5.74, 6) is 1.54. The highest BCUT2D eigenvalue weighted by Crippen LogP contribution is 2.21. The number of nitrogens with one attached hydrogen (secondary N) is 1. The van der Waals surface area contributed by atoms with Gasteiger partial charge in [0.1, 0.15) is 0 Å². The Bertz CT molecular complexity index is 319. The van der Waals surface area contributed by atoms with E-state index in [1.807, 2.05) is 0 Å². The van der Waals surface area contributed by atoms with E-state index in [0.717, 1.165) is 24.9 Å². The monoisotopic (exact) mass is 233 g/mol. The number of hydrogen-bond acceptors (Lipinski definition) is 1. The summed E-state index contributed by atoms with van der Waals surface area (Å²) in [6.07, 6.45) is 2.47. The van der Waals surface area contributed by atoms with E-state index in [0.29, 0.717) is 0 Å². The van der Waals surface area contributed by atoms with Gasteiger partial charge in [-0.25, -0.2) is 0 Å². The molecule has 96 valence electrons. The summed E-state index contributed by atoms with van der Waals surface area (Å²) < 4.78 is 0. The van der Waals surface area contributed by atoms with Crippen LogP contribution in [0, 0.1) is 18.8 Å². The molecule has 0 radical (unpaired) electrons. The van der Waals surface area contributed by atoms with Crippen LogP contribution in [0.2, 0.25) is 0 Å². The highest BCUT2D eigenvalue weighted by atomic mass is 14.8. The SMILES string of the molecule is CCNCC(Cc1ccccc1C)C(C)CC. The van der Waals surface area contributed by atoms with Crippen LogP contribution in [0.25, 0.3) is 0 Å². The molecule has 0 aromatic heterocycles. The van der Waals surface area contributed by atoms with Gasteiger partial charge in [0.2, 0.25) is 0 Å². The molecule has 0 aliphatic rings. The van der Waals surface area contributed by atoms with Gasteiger partial charge in [-0.05, 0) is 49.4 Å². The molecule has 0 saturated carbocycles. The quantitative estimate of drug-likeness (QED) is 0.755. The Morgan fingerprint density at radius 3 is 2.47 bits per heavy atom. The Morgan fingerprint density at radius 1 is 1.18 bits per heavy atom. The van der Waals surface area contributed by atoms with Gasteiger partial charge in [0.25, 0.3) is 0 Å². The predicted octanol–water partition coefficient (Wildman–Crippen LogP) is 3.81. The molecule has 1 heteroatoms. The maximum absolute atomic E-state index is 3.50. The average molecular weight is 233 g/mol. The van der Waals surface area contributed by atoms with E-state index in [1.165, 1.54) is 24.0 Å². The standard InChI is InChI=1S/C16H27N/c1-5-13(3)16(12-17-6-2)11-15-10-8-7-9-14(15)4/h7-10,13,16-17H,5-6,11-12H2,1-4H3. The first-order chi connectivity index (χ1) is 8.19.